The standard InChI is InChI=1S/C17H15BrF2N6O3.C17H13BrF2N6O2.C15H8BrF2N5O2.C2H7NO/c18-9-1-2-12(11(19)7-9)23-14-10(8-26-5-3-21-15(26)13(14)20)16(28)24-25-17(29)22-4-6-27;18-9-1-2-12(11(19)7-9)23-14-10(8-26-5-3-21-15(26)13(14)20)16-24-25-17(28-16)22-4-6-27;16-7-1-2-10(9(17)5-7)20-12-8(14-21-22-15(24)25-14)6-23-4-3-19-13(23)11(12)18;3-1-2-4/h1-3,5,7-8,23,27H,4,6H2,(H,24,28)(H2,22,25,29);1-3,5,7-8,23,27H,4,6H2,(H,22,25);1-6,20H,(H,22,24);4H,1-3H2. The fourth-order valence-corrected chi connectivity index (χ4v) is 8.41. The maximum atomic E-state index is 15.1. The van der Waals surface area contributed by atoms with Gasteiger partial charge in [0, 0.05) is 88.8 Å². The highest BCUT2D eigenvalue weighted by Crippen LogP contribution is 2.37. The second kappa shape index (κ2) is 28.9. The van der Waals surface area contributed by atoms with Crippen molar-refractivity contribution in [2.45, 2.75) is 0 Å². The van der Waals surface area contributed by atoms with Crippen LogP contribution in [0.4, 0.5) is 71.3 Å². The predicted molar refractivity (Wildman–Crippen MR) is 310 cm³/mol. The first kappa shape index (κ1) is 62.7. The van der Waals surface area contributed by atoms with Crippen molar-refractivity contribution in [3.63, 3.8) is 0 Å². The summed E-state index contributed by atoms with van der Waals surface area (Å²) in [5.74, 6) is -5.94. The van der Waals surface area contributed by atoms with Crippen molar-refractivity contribution in [2.24, 2.45) is 5.73 Å². The summed E-state index contributed by atoms with van der Waals surface area (Å²) < 4.78 is 104. The summed E-state index contributed by atoms with van der Waals surface area (Å²) in [5, 5.41) is 51.9. The topological polar surface area (TPSA) is 355 Å². The average molecular weight is 1390 g/mol. The minimum atomic E-state index is -0.880. The molecule has 3 amide bonds. The Balaban J connectivity index is 0.000000163. The number of pyridine rings is 3. The maximum absolute atomic E-state index is 15.1. The molecule has 0 radical (unpaired) electrons. The molecule has 35 heteroatoms. The number of hydrogen-bond acceptors (Lipinski definition) is 19. The zero-order valence-corrected chi connectivity index (χ0v) is 48.3. The lowest BCUT2D eigenvalue weighted by molar-refractivity contribution is 0.0936. The summed E-state index contributed by atoms with van der Waals surface area (Å²) in [4.78, 5) is 47.1. The number of fused-ring (bicyclic) bond motifs is 3. The minimum absolute atomic E-state index is 0.00922. The highest BCUT2D eigenvalue weighted by atomic mass is 79.9. The molecule has 0 bridgehead atoms. The first-order valence-corrected chi connectivity index (χ1v) is 26.9. The van der Waals surface area contributed by atoms with Gasteiger partial charge in [0.15, 0.2) is 34.4 Å². The quantitative estimate of drug-likeness (QED) is 0.0341. The van der Waals surface area contributed by atoms with Crippen molar-refractivity contribution in [3.05, 3.63) is 175 Å². The number of imidazole rings is 3. The van der Waals surface area contributed by atoms with Gasteiger partial charge in [-0.25, -0.2) is 61.4 Å². The molecule has 0 unspecified atom stereocenters. The first-order valence-electron chi connectivity index (χ1n) is 24.5. The second-order valence-electron chi connectivity index (χ2n) is 17.0. The number of nitrogens with zero attached hydrogens (tertiary/aromatic N) is 9. The van der Waals surface area contributed by atoms with E-state index in [1.54, 1.807) is 30.6 Å². The highest BCUT2D eigenvalue weighted by Gasteiger charge is 2.25. The lowest BCUT2D eigenvalue weighted by atomic mass is 10.2. The Bertz CT molecular complexity index is 4260. The number of carbonyl (C=O) groups excluding carboxylic acids is 2. The van der Waals surface area contributed by atoms with Gasteiger partial charge < -0.3 is 69.7 Å². The number of anilines is 7. The number of aliphatic hydroxyl groups excluding tert-OH is 3. The van der Waals surface area contributed by atoms with Gasteiger partial charge in [0.25, 0.3) is 17.7 Å². The molecule has 448 valence electrons. The summed E-state index contributed by atoms with van der Waals surface area (Å²) in [5.41, 5.74) is 8.66. The number of nitrogens with two attached hydrogens (primary N) is 1. The molecule has 11 aromatic rings. The van der Waals surface area contributed by atoms with Crippen LogP contribution in [-0.4, -0.2) is 115 Å². The molecule has 8 aromatic heterocycles. The number of hydrogen-bond donors (Lipinski definition) is 12. The van der Waals surface area contributed by atoms with Crippen LogP contribution in [0.2, 0.25) is 0 Å². The normalized spacial score (nSPS) is 10.8. The molecule has 8 heterocycles. The number of H-pyrrole nitrogens is 1. The van der Waals surface area contributed by atoms with Crippen molar-refractivity contribution < 1.29 is 60.1 Å². The van der Waals surface area contributed by atoms with E-state index in [2.05, 4.69) is 121 Å². The molecule has 26 nitrogen and oxygen atoms in total. The molecule has 0 saturated heterocycles. The number of aromatic amines is 1. The monoisotopic (exact) mass is 1390 g/mol. The molecule has 0 spiro atoms. The fraction of sp³-hybridized carbons (Fsp3) is 0.118. The molecule has 3 aromatic carbocycles. The number of carbonyl (C=O) groups is 2. The van der Waals surface area contributed by atoms with Crippen molar-refractivity contribution in [1.82, 2.24) is 64.7 Å². The van der Waals surface area contributed by atoms with E-state index >= 15 is 8.78 Å². The second-order valence-corrected chi connectivity index (χ2v) is 19.7. The number of aliphatic hydroxyl groups is 3. The number of hydrazine groups is 1. The van der Waals surface area contributed by atoms with Gasteiger partial charge in [0.05, 0.1) is 70.6 Å². The molecule has 13 N–H and O–H groups in total. The first-order chi connectivity index (χ1) is 41.4. The smallest absolute Gasteiger partial charge is 0.403 e. The van der Waals surface area contributed by atoms with Crippen LogP contribution in [0.25, 0.3) is 39.8 Å². The van der Waals surface area contributed by atoms with Gasteiger partial charge in [-0.2, -0.15) is 0 Å². The third-order valence-corrected chi connectivity index (χ3v) is 12.7. The van der Waals surface area contributed by atoms with Crippen LogP contribution in [0.15, 0.2) is 137 Å². The van der Waals surface area contributed by atoms with Gasteiger partial charge in [0.2, 0.25) is 0 Å². The van der Waals surface area contributed by atoms with Crippen LogP contribution in [0.5, 0.6) is 0 Å². The highest BCUT2D eigenvalue weighted by molar-refractivity contribution is 9.11. The van der Waals surface area contributed by atoms with E-state index in [9.17, 15) is 31.9 Å². The molecule has 0 fully saturated rings. The van der Waals surface area contributed by atoms with Gasteiger partial charge in [-0.1, -0.05) is 52.9 Å². The van der Waals surface area contributed by atoms with Gasteiger partial charge >= 0.3 is 17.8 Å². The number of benzene rings is 3. The van der Waals surface area contributed by atoms with Gasteiger partial charge in [-0.3, -0.25) is 10.2 Å². The lowest BCUT2D eigenvalue weighted by Gasteiger charge is -2.15. The van der Waals surface area contributed by atoms with E-state index in [4.69, 9.17) is 29.9 Å². The molecule has 0 atom stereocenters. The van der Waals surface area contributed by atoms with Crippen LogP contribution in [-0.2, 0) is 0 Å². The van der Waals surface area contributed by atoms with Crippen LogP contribution < -0.4 is 48.9 Å². The number of rotatable bonds is 15. The predicted octanol–water partition coefficient (Wildman–Crippen LogP) is 8.03. The zero-order chi connectivity index (χ0) is 61.6. The van der Waals surface area contributed by atoms with Crippen molar-refractivity contribution in [2.75, 3.05) is 60.7 Å². The average Bonchev–Trinajstić information content (AvgIpc) is 1.97. The Morgan fingerprint density at radius 2 is 1.05 bits per heavy atom. The summed E-state index contributed by atoms with van der Waals surface area (Å²) >= 11 is 9.48. The zero-order valence-electron chi connectivity index (χ0n) is 43.5. The molecule has 0 aliphatic rings. The Morgan fingerprint density at radius 1 is 0.593 bits per heavy atom. The fourth-order valence-electron chi connectivity index (χ4n) is 7.41. The summed E-state index contributed by atoms with van der Waals surface area (Å²) in [7, 11) is 0. The molecule has 86 heavy (non-hydrogen) atoms. The van der Waals surface area contributed by atoms with E-state index in [1.807, 2.05) is 0 Å². The van der Waals surface area contributed by atoms with E-state index in [1.165, 1.54) is 93.0 Å². The summed E-state index contributed by atoms with van der Waals surface area (Å²) in [6, 6.07) is 12.0. The van der Waals surface area contributed by atoms with Crippen LogP contribution in [0, 0.1) is 34.9 Å². The number of amides is 3. The van der Waals surface area contributed by atoms with Gasteiger partial charge in [-0.05, 0) is 54.6 Å². The van der Waals surface area contributed by atoms with Crippen LogP contribution in [0.3, 0.4) is 0 Å². The molecular formula is C51H43Br3F6N18O8. The third kappa shape index (κ3) is 15.1. The van der Waals surface area contributed by atoms with Crippen LogP contribution in [0.1, 0.15) is 10.4 Å². The Hall–Kier alpha value is -9.39. The third-order valence-electron chi connectivity index (χ3n) is 11.2. The number of aromatic nitrogens is 10. The van der Waals surface area contributed by atoms with Crippen molar-refractivity contribution in [1.29, 1.82) is 0 Å². The summed E-state index contributed by atoms with van der Waals surface area (Å²) in [6.07, 6.45) is 13.0. The Morgan fingerprint density at radius 3 is 1.49 bits per heavy atom. The van der Waals surface area contributed by atoms with E-state index in [0.717, 1.165) is 0 Å². The molecule has 0 saturated carbocycles. The van der Waals surface area contributed by atoms with Gasteiger partial charge in [0.1, 0.15) is 17.5 Å². The lowest BCUT2D eigenvalue weighted by Crippen LogP contribution is -2.47. The van der Waals surface area contributed by atoms with Crippen LogP contribution >= 0.6 is 47.8 Å². The number of nitrogens with one attached hydrogen (secondary N) is 8. The van der Waals surface area contributed by atoms with Crippen molar-refractivity contribution in [3.8, 4) is 22.9 Å². The molecule has 0 aliphatic heterocycles. The van der Waals surface area contributed by atoms with E-state index in [-0.39, 0.29) is 118 Å². The number of halogens is 9. The molecule has 0 aliphatic carbocycles. The SMILES string of the molecule is NCCO.O=C(NCCO)NNC(=O)c1cn2ccnc2c(F)c1Nc1ccc(Br)cc1F.O=c1[nH]nc(-c2cn3ccnc3c(F)c2Nc2ccc(Br)cc2F)o1.OCCNc1nnc(-c2cn3ccnc3c(F)c2Nc2ccc(Br)cc2F)o1. The maximum Gasteiger partial charge on any atom is 0.434 e. The molecule has 11 rings (SSSR count). The molecular weight excluding hydrogens is 1350 g/mol. The van der Waals surface area contributed by atoms with Gasteiger partial charge in [-0.15, -0.1) is 10.2 Å². The van der Waals surface area contributed by atoms with E-state index in [0.29, 0.717) is 20.0 Å². The van der Waals surface area contributed by atoms with E-state index < -0.39 is 52.6 Å². The Labute approximate surface area is 503 Å². The summed E-state index contributed by atoms with van der Waals surface area (Å²) in [6.45, 7) is 0.262. The van der Waals surface area contributed by atoms with Crippen molar-refractivity contribution >= 4 is 117 Å². The largest absolute Gasteiger partial charge is 0.434 e. The Kier molecular flexibility index (Phi) is 21.1. The minimum Gasteiger partial charge on any atom is -0.403 e. The number of urea groups is 1.